The van der Waals surface area contributed by atoms with Crippen molar-refractivity contribution in [3.63, 3.8) is 0 Å². The van der Waals surface area contributed by atoms with E-state index in [9.17, 15) is 4.79 Å². The first-order chi connectivity index (χ1) is 9.61. The van der Waals surface area contributed by atoms with Crippen LogP contribution in [0.1, 0.15) is 44.0 Å². The zero-order valence-corrected chi connectivity index (χ0v) is 14.0. The number of rotatable bonds is 6. The first-order valence-electron chi connectivity index (χ1n) is 7.54. The Kier molecular flexibility index (Phi) is 5.78. The monoisotopic (exact) mass is 341 g/mol. The second-order valence-corrected chi connectivity index (χ2v) is 6.43. The lowest BCUT2D eigenvalue weighted by Crippen LogP contribution is -2.28. The summed E-state index contributed by atoms with van der Waals surface area (Å²) in [4.78, 5) is 12.2. The summed E-state index contributed by atoms with van der Waals surface area (Å²) in [6, 6.07) is 0. The van der Waals surface area contributed by atoms with Crippen LogP contribution in [-0.2, 0) is 24.7 Å². The van der Waals surface area contributed by atoms with Crippen molar-refractivity contribution >= 4 is 21.7 Å². The number of nitrogens with zero attached hydrogens (tertiary/aromatic N) is 2. The molecule has 2 heterocycles. The van der Waals surface area contributed by atoms with Gasteiger partial charge in [0.05, 0.1) is 15.9 Å². The fraction of sp³-hybridized carbons (Fsp3) is 0.733. The van der Waals surface area contributed by atoms with Crippen molar-refractivity contribution in [3.05, 3.63) is 15.9 Å². The van der Waals surface area contributed by atoms with Gasteiger partial charge in [0.1, 0.15) is 5.78 Å². The third kappa shape index (κ3) is 3.92. The lowest BCUT2D eigenvalue weighted by Gasteiger charge is -2.22. The van der Waals surface area contributed by atoms with Gasteiger partial charge in [-0.15, -0.1) is 0 Å². The molecule has 0 amide bonds. The van der Waals surface area contributed by atoms with Crippen LogP contribution in [0.25, 0.3) is 0 Å². The minimum atomic E-state index is 0.329. The van der Waals surface area contributed by atoms with Crippen molar-refractivity contribution in [3.8, 4) is 0 Å². The average Bonchev–Trinajstić information content (AvgIpc) is 2.73. The molecule has 5 heteroatoms. The maximum absolute atomic E-state index is 12.2. The Morgan fingerprint density at radius 2 is 2.15 bits per heavy atom. The molecule has 1 aromatic heterocycles. The van der Waals surface area contributed by atoms with Crippen LogP contribution < -0.4 is 5.32 Å². The van der Waals surface area contributed by atoms with Crippen LogP contribution >= 0.6 is 15.9 Å². The van der Waals surface area contributed by atoms with Gasteiger partial charge in [-0.2, -0.15) is 5.10 Å². The Morgan fingerprint density at radius 3 is 2.75 bits per heavy atom. The van der Waals surface area contributed by atoms with Crippen LogP contribution in [0.3, 0.4) is 0 Å². The van der Waals surface area contributed by atoms with Crippen molar-refractivity contribution in [2.75, 3.05) is 13.1 Å². The van der Waals surface area contributed by atoms with Gasteiger partial charge >= 0.3 is 0 Å². The van der Waals surface area contributed by atoms with Gasteiger partial charge in [0.2, 0.25) is 0 Å². The molecule has 0 radical (unpaired) electrons. The molecule has 4 nitrogen and oxygen atoms in total. The minimum Gasteiger partial charge on any atom is -0.317 e. The molecule has 0 atom stereocenters. The van der Waals surface area contributed by atoms with Gasteiger partial charge in [-0.1, -0.05) is 6.92 Å². The van der Waals surface area contributed by atoms with E-state index in [0.29, 0.717) is 18.6 Å². The van der Waals surface area contributed by atoms with E-state index in [-0.39, 0.29) is 0 Å². The smallest absolute Gasteiger partial charge is 0.138 e. The summed E-state index contributed by atoms with van der Waals surface area (Å²) in [5.41, 5.74) is 2.05. The van der Waals surface area contributed by atoms with Gasteiger partial charge in [-0.05, 0) is 60.6 Å². The lowest BCUT2D eigenvalue weighted by atomic mass is 9.92. The number of hydrogen-bond acceptors (Lipinski definition) is 3. The highest BCUT2D eigenvalue weighted by Gasteiger charge is 2.18. The zero-order chi connectivity index (χ0) is 14.5. The van der Waals surface area contributed by atoms with Gasteiger partial charge in [0.25, 0.3) is 0 Å². The topological polar surface area (TPSA) is 46.9 Å². The van der Waals surface area contributed by atoms with Crippen molar-refractivity contribution in [2.24, 2.45) is 13.0 Å². The van der Waals surface area contributed by atoms with E-state index in [1.165, 1.54) is 12.8 Å². The Hall–Kier alpha value is -0.680. The molecule has 1 aliphatic heterocycles. The Labute approximate surface area is 129 Å². The van der Waals surface area contributed by atoms with Crippen molar-refractivity contribution in [1.82, 2.24) is 15.1 Å². The molecule has 0 saturated carbocycles. The predicted octanol–water partition coefficient (Wildman–Crippen LogP) is 2.64. The Morgan fingerprint density at radius 1 is 1.45 bits per heavy atom. The van der Waals surface area contributed by atoms with Gasteiger partial charge in [0, 0.05) is 19.9 Å². The maximum Gasteiger partial charge on any atom is 0.138 e. The largest absolute Gasteiger partial charge is 0.317 e. The zero-order valence-electron chi connectivity index (χ0n) is 12.4. The number of Topliss-reactive ketones (excluding diaryl/α,β-unsaturated/α-hetero) is 1. The fourth-order valence-corrected chi connectivity index (χ4v) is 3.58. The van der Waals surface area contributed by atoms with E-state index in [2.05, 4.69) is 33.3 Å². The first kappa shape index (κ1) is 15.7. The summed E-state index contributed by atoms with van der Waals surface area (Å²) in [7, 11) is 1.92. The Balaban J connectivity index is 1.86. The first-order valence-corrected chi connectivity index (χ1v) is 8.33. The van der Waals surface area contributed by atoms with E-state index in [1.807, 2.05) is 11.7 Å². The number of hydrogen-bond donors (Lipinski definition) is 1. The molecule has 0 aromatic carbocycles. The molecule has 1 aliphatic rings. The van der Waals surface area contributed by atoms with Crippen molar-refractivity contribution < 1.29 is 4.79 Å². The number of carbonyl (C=O) groups is 1. The van der Waals surface area contributed by atoms with E-state index < -0.39 is 0 Å². The predicted molar refractivity (Wildman–Crippen MR) is 83.8 cm³/mol. The summed E-state index contributed by atoms with van der Waals surface area (Å²) in [5, 5.41) is 7.80. The number of aryl methyl sites for hydroxylation is 2. The second kappa shape index (κ2) is 7.36. The minimum absolute atomic E-state index is 0.329. The van der Waals surface area contributed by atoms with Crippen LogP contribution in [0.5, 0.6) is 0 Å². The third-order valence-corrected chi connectivity index (χ3v) is 5.07. The molecular weight excluding hydrogens is 318 g/mol. The molecule has 1 aromatic rings. The van der Waals surface area contributed by atoms with Crippen LogP contribution in [0.15, 0.2) is 4.47 Å². The highest BCUT2D eigenvalue weighted by atomic mass is 79.9. The molecule has 2 rings (SSSR count). The number of halogens is 1. The summed E-state index contributed by atoms with van der Waals surface area (Å²) in [6.45, 7) is 4.29. The summed E-state index contributed by atoms with van der Waals surface area (Å²) in [5.74, 6) is 1.05. The number of ketones is 1. The number of aromatic nitrogens is 2. The van der Waals surface area contributed by atoms with Crippen LogP contribution in [0.4, 0.5) is 0 Å². The van der Waals surface area contributed by atoms with Crippen LogP contribution in [0.2, 0.25) is 0 Å². The highest BCUT2D eigenvalue weighted by Crippen LogP contribution is 2.23. The molecule has 1 saturated heterocycles. The second-order valence-electron chi connectivity index (χ2n) is 5.63. The Bertz CT molecular complexity index is 464. The maximum atomic E-state index is 12.2. The number of carbonyl (C=O) groups excluding carboxylic acids is 1. The van der Waals surface area contributed by atoms with E-state index >= 15 is 0 Å². The summed E-state index contributed by atoms with van der Waals surface area (Å²) < 4.78 is 2.85. The van der Waals surface area contributed by atoms with Crippen molar-refractivity contribution in [1.29, 1.82) is 0 Å². The highest BCUT2D eigenvalue weighted by molar-refractivity contribution is 9.10. The van der Waals surface area contributed by atoms with Gasteiger partial charge in [-0.3, -0.25) is 9.48 Å². The van der Waals surface area contributed by atoms with Gasteiger partial charge < -0.3 is 5.32 Å². The molecule has 112 valence electrons. The van der Waals surface area contributed by atoms with Gasteiger partial charge in [0.15, 0.2) is 0 Å². The molecule has 20 heavy (non-hydrogen) atoms. The van der Waals surface area contributed by atoms with E-state index in [4.69, 9.17) is 0 Å². The quantitative estimate of drug-likeness (QED) is 0.865. The number of nitrogens with one attached hydrogen (secondary N) is 1. The molecule has 0 spiro atoms. The number of piperidine rings is 1. The molecule has 0 bridgehead atoms. The van der Waals surface area contributed by atoms with Crippen LogP contribution in [0, 0.1) is 5.92 Å². The standard InChI is InChI=1S/C15H24BrN3O/c1-3-13-15(16)14(19(2)18-13)10-12(20)5-4-11-6-8-17-9-7-11/h11,17H,3-10H2,1-2H3. The van der Waals surface area contributed by atoms with Crippen LogP contribution in [-0.4, -0.2) is 28.7 Å². The van der Waals surface area contributed by atoms with E-state index in [0.717, 1.165) is 47.7 Å². The van der Waals surface area contributed by atoms with Gasteiger partial charge in [-0.25, -0.2) is 0 Å². The molecule has 0 unspecified atom stereocenters. The third-order valence-electron chi connectivity index (χ3n) is 4.16. The summed E-state index contributed by atoms with van der Waals surface area (Å²) >= 11 is 3.57. The van der Waals surface area contributed by atoms with Crippen molar-refractivity contribution in [2.45, 2.75) is 45.4 Å². The molecule has 1 N–H and O–H groups in total. The normalized spacial score (nSPS) is 16.6. The summed E-state index contributed by atoms with van der Waals surface area (Å²) in [6.07, 6.45) is 5.54. The fourth-order valence-electron chi connectivity index (χ4n) is 2.82. The lowest BCUT2D eigenvalue weighted by molar-refractivity contribution is -0.118. The van der Waals surface area contributed by atoms with E-state index in [1.54, 1.807) is 0 Å². The molecule has 1 fully saturated rings. The SMILES string of the molecule is CCc1nn(C)c(CC(=O)CCC2CCNCC2)c1Br. The average molecular weight is 342 g/mol. The molecule has 0 aliphatic carbocycles. The molecular formula is C15H24BrN3O.